The molecule has 3 aromatic rings. The highest BCUT2D eigenvalue weighted by Gasteiger charge is 2.18. The van der Waals surface area contributed by atoms with Gasteiger partial charge >= 0.3 is 0 Å². The number of pyridine rings is 1. The Balaban J connectivity index is 1.95. The van der Waals surface area contributed by atoms with Crippen molar-refractivity contribution in [2.45, 2.75) is 20.0 Å². The fraction of sp³-hybridized carbons (Fsp3) is 0.250. The summed E-state index contributed by atoms with van der Waals surface area (Å²) in [4.78, 5) is 4.54. The molecule has 4 rings (SSSR count). The number of benzene rings is 2. The standard InChI is InChI=1S/C20H20N2O3/c1-12(2)25-20-16-10-19-18(23-7-8-24-19)9-15(16)17(11-22-20)13-3-5-14(21)6-4-13/h3-6,9-12H,7-8,21H2,1-2H3. The molecule has 1 aliphatic rings. The van der Waals surface area contributed by atoms with Gasteiger partial charge in [-0.25, -0.2) is 4.98 Å². The summed E-state index contributed by atoms with van der Waals surface area (Å²) in [5.41, 5.74) is 8.59. The maximum absolute atomic E-state index is 5.90. The normalized spacial score (nSPS) is 13.2. The maximum atomic E-state index is 5.90. The highest BCUT2D eigenvalue weighted by atomic mass is 16.6. The minimum Gasteiger partial charge on any atom is -0.486 e. The van der Waals surface area contributed by atoms with Gasteiger partial charge in [0, 0.05) is 28.2 Å². The van der Waals surface area contributed by atoms with E-state index in [1.807, 2.05) is 56.4 Å². The zero-order valence-electron chi connectivity index (χ0n) is 14.3. The van der Waals surface area contributed by atoms with Gasteiger partial charge < -0.3 is 19.9 Å². The number of nitrogens with zero attached hydrogens (tertiary/aromatic N) is 1. The molecule has 0 fully saturated rings. The molecule has 0 unspecified atom stereocenters. The lowest BCUT2D eigenvalue weighted by molar-refractivity contribution is 0.172. The van der Waals surface area contributed by atoms with Gasteiger partial charge in [0.05, 0.1) is 6.10 Å². The average Bonchev–Trinajstić information content (AvgIpc) is 2.61. The third kappa shape index (κ3) is 2.93. The molecule has 0 saturated carbocycles. The smallest absolute Gasteiger partial charge is 0.221 e. The molecule has 0 radical (unpaired) electrons. The number of anilines is 1. The van der Waals surface area contributed by atoms with Crippen molar-refractivity contribution in [3.63, 3.8) is 0 Å². The summed E-state index contributed by atoms with van der Waals surface area (Å²) < 4.78 is 17.4. The van der Waals surface area contributed by atoms with Crippen LogP contribution in [0.3, 0.4) is 0 Å². The SMILES string of the molecule is CC(C)Oc1ncc(-c2ccc(N)cc2)c2cc3c(cc12)OCCO3. The van der Waals surface area contributed by atoms with E-state index < -0.39 is 0 Å². The second-order valence-electron chi connectivity index (χ2n) is 6.31. The van der Waals surface area contributed by atoms with Gasteiger partial charge in [-0.2, -0.15) is 0 Å². The van der Waals surface area contributed by atoms with Crippen LogP contribution in [-0.2, 0) is 0 Å². The molecule has 2 N–H and O–H groups in total. The molecular weight excluding hydrogens is 316 g/mol. The van der Waals surface area contributed by atoms with Crippen LogP contribution in [0.1, 0.15) is 13.8 Å². The van der Waals surface area contributed by atoms with Crippen molar-refractivity contribution in [3.8, 4) is 28.5 Å². The third-order valence-corrected chi connectivity index (χ3v) is 4.08. The number of nitrogens with two attached hydrogens (primary N) is 1. The summed E-state index contributed by atoms with van der Waals surface area (Å²) in [5.74, 6) is 2.07. The van der Waals surface area contributed by atoms with Crippen LogP contribution in [0, 0.1) is 0 Å². The number of hydrogen-bond acceptors (Lipinski definition) is 5. The summed E-state index contributed by atoms with van der Waals surface area (Å²) in [6.45, 7) is 5.07. The fourth-order valence-electron chi connectivity index (χ4n) is 2.96. The second kappa shape index (κ2) is 6.16. The van der Waals surface area contributed by atoms with Crippen molar-refractivity contribution in [1.82, 2.24) is 4.98 Å². The van der Waals surface area contributed by atoms with Crippen LogP contribution in [-0.4, -0.2) is 24.3 Å². The molecular formula is C20H20N2O3. The lowest BCUT2D eigenvalue weighted by atomic mass is 9.99. The van der Waals surface area contributed by atoms with E-state index in [0.717, 1.165) is 39.1 Å². The first kappa shape index (κ1) is 15.6. The fourth-order valence-corrected chi connectivity index (χ4v) is 2.96. The highest BCUT2D eigenvalue weighted by Crippen LogP contribution is 2.41. The second-order valence-corrected chi connectivity index (χ2v) is 6.31. The third-order valence-electron chi connectivity index (χ3n) is 4.08. The first-order valence-electron chi connectivity index (χ1n) is 8.37. The molecule has 0 aliphatic carbocycles. The predicted octanol–water partition coefficient (Wildman–Crippen LogP) is 4.04. The van der Waals surface area contributed by atoms with Crippen LogP contribution in [0.15, 0.2) is 42.6 Å². The molecule has 2 aromatic carbocycles. The molecule has 0 amide bonds. The van der Waals surface area contributed by atoms with Crippen molar-refractivity contribution in [2.24, 2.45) is 0 Å². The van der Waals surface area contributed by atoms with Crippen LogP contribution in [0.2, 0.25) is 0 Å². The van der Waals surface area contributed by atoms with Crippen molar-refractivity contribution >= 4 is 16.5 Å². The number of aromatic nitrogens is 1. The van der Waals surface area contributed by atoms with Gasteiger partial charge in [0.1, 0.15) is 13.2 Å². The van der Waals surface area contributed by atoms with Crippen LogP contribution >= 0.6 is 0 Å². The van der Waals surface area contributed by atoms with Gasteiger partial charge in [0.25, 0.3) is 0 Å². The molecule has 1 aliphatic heterocycles. The Morgan fingerprint density at radius 3 is 2.28 bits per heavy atom. The summed E-state index contributed by atoms with van der Waals surface area (Å²) in [6.07, 6.45) is 1.87. The van der Waals surface area contributed by atoms with E-state index in [4.69, 9.17) is 19.9 Å². The maximum Gasteiger partial charge on any atom is 0.221 e. The molecule has 0 spiro atoms. The lowest BCUT2D eigenvalue weighted by Crippen LogP contribution is -2.15. The van der Waals surface area contributed by atoms with Gasteiger partial charge in [-0.05, 0) is 43.7 Å². The Bertz CT molecular complexity index is 920. The Hall–Kier alpha value is -2.95. The molecule has 128 valence electrons. The van der Waals surface area contributed by atoms with Gasteiger partial charge in [-0.1, -0.05) is 12.1 Å². The van der Waals surface area contributed by atoms with Crippen molar-refractivity contribution in [1.29, 1.82) is 0 Å². The van der Waals surface area contributed by atoms with Crippen LogP contribution in [0.4, 0.5) is 5.69 Å². The molecule has 1 aromatic heterocycles. The molecule has 5 heteroatoms. The van der Waals surface area contributed by atoms with E-state index in [0.29, 0.717) is 19.1 Å². The highest BCUT2D eigenvalue weighted by molar-refractivity contribution is 6.00. The monoisotopic (exact) mass is 336 g/mol. The van der Waals surface area contributed by atoms with E-state index in [1.165, 1.54) is 0 Å². The van der Waals surface area contributed by atoms with Crippen LogP contribution in [0.5, 0.6) is 17.4 Å². The van der Waals surface area contributed by atoms with E-state index >= 15 is 0 Å². The quantitative estimate of drug-likeness (QED) is 0.731. The number of nitrogen functional groups attached to an aromatic ring is 1. The van der Waals surface area contributed by atoms with E-state index in [2.05, 4.69) is 4.98 Å². The van der Waals surface area contributed by atoms with Crippen LogP contribution < -0.4 is 19.9 Å². The van der Waals surface area contributed by atoms with Crippen molar-refractivity contribution in [2.75, 3.05) is 18.9 Å². The Morgan fingerprint density at radius 2 is 1.64 bits per heavy atom. The van der Waals surface area contributed by atoms with Gasteiger partial charge in [0.15, 0.2) is 11.5 Å². The average molecular weight is 336 g/mol. The predicted molar refractivity (Wildman–Crippen MR) is 98.3 cm³/mol. The first-order chi connectivity index (χ1) is 12.1. The Kier molecular flexibility index (Phi) is 3.84. The molecule has 25 heavy (non-hydrogen) atoms. The number of hydrogen-bond donors (Lipinski definition) is 1. The van der Waals surface area contributed by atoms with Gasteiger partial charge in [0.2, 0.25) is 5.88 Å². The summed E-state index contributed by atoms with van der Waals surface area (Å²) in [7, 11) is 0. The molecule has 2 heterocycles. The number of fused-ring (bicyclic) bond motifs is 2. The minimum absolute atomic E-state index is 0.0336. The number of ether oxygens (including phenoxy) is 3. The molecule has 0 saturated heterocycles. The molecule has 0 bridgehead atoms. The zero-order valence-corrected chi connectivity index (χ0v) is 14.3. The van der Waals surface area contributed by atoms with Gasteiger partial charge in [-0.3, -0.25) is 0 Å². The zero-order chi connectivity index (χ0) is 17.4. The minimum atomic E-state index is 0.0336. The molecule has 0 atom stereocenters. The van der Waals surface area contributed by atoms with E-state index in [9.17, 15) is 0 Å². The lowest BCUT2D eigenvalue weighted by Gasteiger charge is -2.21. The summed E-state index contributed by atoms with van der Waals surface area (Å²) in [6, 6.07) is 11.7. The number of rotatable bonds is 3. The largest absolute Gasteiger partial charge is 0.486 e. The summed E-state index contributed by atoms with van der Waals surface area (Å²) in [5, 5.41) is 1.92. The molecule has 5 nitrogen and oxygen atoms in total. The Morgan fingerprint density at radius 1 is 1.00 bits per heavy atom. The Labute approximate surface area is 146 Å². The van der Waals surface area contributed by atoms with Gasteiger partial charge in [-0.15, -0.1) is 0 Å². The van der Waals surface area contributed by atoms with E-state index in [-0.39, 0.29) is 6.10 Å². The topological polar surface area (TPSA) is 66.6 Å². The van der Waals surface area contributed by atoms with Crippen molar-refractivity contribution in [3.05, 3.63) is 42.6 Å². The summed E-state index contributed by atoms with van der Waals surface area (Å²) >= 11 is 0. The first-order valence-corrected chi connectivity index (χ1v) is 8.37. The van der Waals surface area contributed by atoms with Crippen molar-refractivity contribution < 1.29 is 14.2 Å². The van der Waals surface area contributed by atoms with Crippen LogP contribution in [0.25, 0.3) is 21.9 Å². The van der Waals surface area contributed by atoms with E-state index in [1.54, 1.807) is 0 Å².